The van der Waals surface area contributed by atoms with Crippen LogP contribution in [-0.2, 0) is 6.18 Å². The normalized spacial score (nSPS) is 11.4. The minimum atomic E-state index is -4.43. The summed E-state index contributed by atoms with van der Waals surface area (Å²) in [7, 11) is 0. The van der Waals surface area contributed by atoms with Gasteiger partial charge in [0.25, 0.3) is 5.91 Å². The molecule has 2 nitrogen and oxygen atoms in total. The van der Waals surface area contributed by atoms with E-state index in [0.717, 1.165) is 9.85 Å². The van der Waals surface area contributed by atoms with Crippen LogP contribution in [0.3, 0.4) is 0 Å². The Kier molecular flexibility index (Phi) is 4.19. The van der Waals surface area contributed by atoms with E-state index in [-0.39, 0.29) is 11.3 Å². The van der Waals surface area contributed by atoms with Gasteiger partial charge in [-0.15, -0.1) is 11.3 Å². The minimum absolute atomic E-state index is 0.120. The number of hydrogen-bond donors (Lipinski definition) is 1. The van der Waals surface area contributed by atoms with Gasteiger partial charge in [-0.3, -0.25) is 4.79 Å². The van der Waals surface area contributed by atoms with E-state index < -0.39 is 17.6 Å². The molecule has 0 unspecified atom stereocenters. The molecule has 2 rings (SSSR count). The number of carbonyl (C=O) groups excluding carboxylic acids is 1. The molecule has 0 spiro atoms. The van der Waals surface area contributed by atoms with Gasteiger partial charge in [0.05, 0.1) is 14.2 Å². The fraction of sp³-hybridized carbons (Fsp3) is 0.154. The van der Waals surface area contributed by atoms with Crippen LogP contribution in [0.2, 0.25) is 0 Å². The lowest BCUT2D eigenvalue weighted by Gasteiger charge is -2.12. The molecule has 1 aromatic carbocycles. The van der Waals surface area contributed by atoms with Gasteiger partial charge in [-0.25, -0.2) is 0 Å². The van der Waals surface area contributed by atoms with Crippen LogP contribution in [0.1, 0.15) is 20.8 Å². The van der Waals surface area contributed by atoms with Crippen molar-refractivity contribution in [2.24, 2.45) is 0 Å². The molecule has 0 fully saturated rings. The van der Waals surface area contributed by atoms with Crippen molar-refractivity contribution < 1.29 is 18.0 Å². The standard InChI is InChI=1S/C13H9BrF3NOS/c1-7-2-3-8(6-9(7)13(15,16)17)18-12(19)10-4-5-11(14)20-10/h2-6H,1H3,(H,18,19). The van der Waals surface area contributed by atoms with Crippen LogP contribution >= 0.6 is 27.3 Å². The first-order valence-electron chi connectivity index (χ1n) is 5.52. The topological polar surface area (TPSA) is 29.1 Å². The Labute approximate surface area is 125 Å². The molecule has 0 atom stereocenters. The maximum atomic E-state index is 12.8. The predicted octanol–water partition coefficient (Wildman–Crippen LogP) is 5.09. The van der Waals surface area contributed by atoms with Crippen molar-refractivity contribution in [3.63, 3.8) is 0 Å². The highest BCUT2D eigenvalue weighted by molar-refractivity contribution is 9.11. The van der Waals surface area contributed by atoms with Crippen molar-refractivity contribution in [2.45, 2.75) is 13.1 Å². The van der Waals surface area contributed by atoms with Crippen LogP contribution < -0.4 is 5.32 Å². The first-order valence-corrected chi connectivity index (χ1v) is 7.13. The van der Waals surface area contributed by atoms with Crippen LogP contribution in [-0.4, -0.2) is 5.91 Å². The van der Waals surface area contributed by atoms with Crippen LogP contribution in [0.5, 0.6) is 0 Å². The molecule has 7 heteroatoms. The lowest BCUT2D eigenvalue weighted by molar-refractivity contribution is -0.138. The van der Waals surface area contributed by atoms with Crippen molar-refractivity contribution in [1.82, 2.24) is 0 Å². The van der Waals surface area contributed by atoms with E-state index in [1.54, 1.807) is 12.1 Å². The molecular formula is C13H9BrF3NOS. The Hall–Kier alpha value is -1.34. The smallest absolute Gasteiger partial charge is 0.321 e. The number of nitrogens with one attached hydrogen (secondary N) is 1. The summed E-state index contributed by atoms with van der Waals surface area (Å²) in [5, 5.41) is 2.46. The average Bonchev–Trinajstić information content (AvgIpc) is 2.77. The molecule has 0 saturated carbocycles. The molecule has 0 aliphatic rings. The van der Waals surface area contributed by atoms with Crippen LogP contribution in [0.25, 0.3) is 0 Å². The van der Waals surface area contributed by atoms with E-state index in [0.29, 0.717) is 4.88 Å². The van der Waals surface area contributed by atoms with E-state index in [4.69, 9.17) is 0 Å². The first-order chi connectivity index (χ1) is 9.27. The number of halogens is 4. The molecule has 2 aromatic rings. The number of rotatable bonds is 2. The number of thiophene rings is 1. The molecule has 1 N–H and O–H groups in total. The molecular weight excluding hydrogens is 355 g/mol. The van der Waals surface area contributed by atoms with Crippen molar-refractivity contribution in [1.29, 1.82) is 0 Å². The highest BCUT2D eigenvalue weighted by atomic mass is 79.9. The Morgan fingerprint density at radius 3 is 2.50 bits per heavy atom. The third-order valence-electron chi connectivity index (χ3n) is 2.60. The fourth-order valence-electron chi connectivity index (χ4n) is 1.63. The van der Waals surface area contributed by atoms with Gasteiger partial charge in [0.1, 0.15) is 0 Å². The van der Waals surface area contributed by atoms with Gasteiger partial charge in [0.2, 0.25) is 0 Å². The molecule has 106 valence electrons. The molecule has 0 radical (unpaired) electrons. The third kappa shape index (κ3) is 3.40. The predicted molar refractivity (Wildman–Crippen MR) is 76.2 cm³/mol. The first kappa shape index (κ1) is 15.1. The number of alkyl halides is 3. The summed E-state index contributed by atoms with van der Waals surface area (Å²) in [5.74, 6) is -0.433. The maximum Gasteiger partial charge on any atom is 0.416 e. The Bertz CT molecular complexity index is 651. The van der Waals surface area contributed by atoms with Gasteiger partial charge in [-0.05, 0) is 52.7 Å². The second kappa shape index (κ2) is 5.57. The SMILES string of the molecule is Cc1ccc(NC(=O)c2ccc(Br)s2)cc1C(F)(F)F. The highest BCUT2D eigenvalue weighted by Gasteiger charge is 2.32. The summed E-state index contributed by atoms with van der Waals surface area (Å²) in [6.07, 6.45) is -4.43. The second-order valence-corrected chi connectivity index (χ2v) is 6.55. The number of benzene rings is 1. The molecule has 0 bridgehead atoms. The summed E-state index contributed by atoms with van der Waals surface area (Å²) in [6, 6.07) is 7.03. The average molecular weight is 364 g/mol. The minimum Gasteiger partial charge on any atom is -0.321 e. The van der Waals surface area contributed by atoms with E-state index in [1.807, 2.05) is 0 Å². The molecule has 1 heterocycles. The van der Waals surface area contributed by atoms with Crippen molar-refractivity contribution in [2.75, 3.05) is 5.32 Å². The Balaban J connectivity index is 2.24. The maximum absolute atomic E-state index is 12.8. The lowest BCUT2D eigenvalue weighted by atomic mass is 10.1. The molecule has 1 amide bonds. The third-order valence-corrected chi connectivity index (χ3v) is 4.22. The zero-order valence-electron chi connectivity index (χ0n) is 10.2. The summed E-state index contributed by atoms with van der Waals surface area (Å²) in [6.45, 7) is 1.38. The molecule has 1 aromatic heterocycles. The van der Waals surface area contributed by atoms with Gasteiger partial charge in [-0.2, -0.15) is 13.2 Å². The van der Waals surface area contributed by atoms with Crippen molar-refractivity contribution in [3.8, 4) is 0 Å². The molecule has 0 aliphatic carbocycles. The Morgan fingerprint density at radius 2 is 1.95 bits per heavy atom. The molecule has 0 saturated heterocycles. The monoisotopic (exact) mass is 363 g/mol. The zero-order chi connectivity index (χ0) is 14.9. The largest absolute Gasteiger partial charge is 0.416 e. The summed E-state index contributed by atoms with van der Waals surface area (Å²) < 4.78 is 39.1. The number of carbonyl (C=O) groups is 1. The van der Waals surface area contributed by atoms with Crippen molar-refractivity contribution >= 4 is 38.9 Å². The van der Waals surface area contributed by atoms with E-state index in [1.165, 1.54) is 30.4 Å². The molecule has 0 aliphatic heterocycles. The van der Waals surface area contributed by atoms with Crippen molar-refractivity contribution in [3.05, 3.63) is 50.1 Å². The highest BCUT2D eigenvalue weighted by Crippen LogP contribution is 2.33. The van der Waals surface area contributed by atoms with E-state index in [9.17, 15) is 18.0 Å². The number of amides is 1. The number of aryl methyl sites for hydroxylation is 1. The Morgan fingerprint density at radius 1 is 1.25 bits per heavy atom. The van der Waals surface area contributed by atoms with Crippen LogP contribution in [0.15, 0.2) is 34.1 Å². The summed E-state index contributed by atoms with van der Waals surface area (Å²) >= 11 is 4.43. The second-order valence-electron chi connectivity index (χ2n) is 4.09. The summed E-state index contributed by atoms with van der Waals surface area (Å²) in [5.41, 5.74) is -0.505. The zero-order valence-corrected chi connectivity index (χ0v) is 12.6. The lowest BCUT2D eigenvalue weighted by Crippen LogP contribution is -2.12. The van der Waals surface area contributed by atoms with Gasteiger partial charge in [0, 0.05) is 5.69 Å². The fourth-order valence-corrected chi connectivity index (χ4v) is 2.92. The quantitative estimate of drug-likeness (QED) is 0.790. The van der Waals surface area contributed by atoms with E-state index in [2.05, 4.69) is 21.2 Å². The molecule has 20 heavy (non-hydrogen) atoms. The van der Waals surface area contributed by atoms with E-state index >= 15 is 0 Å². The van der Waals surface area contributed by atoms with Gasteiger partial charge >= 0.3 is 6.18 Å². The van der Waals surface area contributed by atoms with Gasteiger partial charge in [0.15, 0.2) is 0 Å². The van der Waals surface area contributed by atoms with Gasteiger partial charge < -0.3 is 5.32 Å². The van der Waals surface area contributed by atoms with Gasteiger partial charge in [-0.1, -0.05) is 6.07 Å². The number of anilines is 1. The van der Waals surface area contributed by atoms with Crippen LogP contribution in [0, 0.1) is 6.92 Å². The summed E-state index contributed by atoms with van der Waals surface area (Å²) in [4.78, 5) is 12.3. The number of hydrogen-bond acceptors (Lipinski definition) is 2. The van der Waals surface area contributed by atoms with Crippen LogP contribution in [0.4, 0.5) is 18.9 Å².